The molecule has 0 aliphatic heterocycles. The third kappa shape index (κ3) is 2.09. The summed E-state index contributed by atoms with van der Waals surface area (Å²) in [5, 5.41) is 8.43. The lowest BCUT2D eigenvalue weighted by atomic mass is 10.4. The summed E-state index contributed by atoms with van der Waals surface area (Å²) in [6, 6.07) is 1.65. The molecule has 1 rings (SSSR count). The molecule has 0 aromatic carbocycles. The van der Waals surface area contributed by atoms with Crippen LogP contribution < -0.4 is 10.5 Å². The van der Waals surface area contributed by atoms with Crippen LogP contribution in [-0.2, 0) is 0 Å². The van der Waals surface area contributed by atoms with Crippen LogP contribution in [0.2, 0.25) is 0 Å². The van der Waals surface area contributed by atoms with Gasteiger partial charge in [0.1, 0.15) is 6.61 Å². The number of nitrogens with two attached hydrogens (primary N) is 1. The molecule has 0 unspecified atom stereocenters. The SMILES string of the molecule is Nc1ccncc1OCCO. The minimum atomic E-state index is -0.0195. The fourth-order valence-electron chi connectivity index (χ4n) is 0.667. The molecule has 0 bridgehead atoms. The van der Waals surface area contributed by atoms with E-state index in [1.165, 1.54) is 6.20 Å². The normalized spacial score (nSPS) is 9.55. The first-order valence-electron chi connectivity index (χ1n) is 3.27. The van der Waals surface area contributed by atoms with E-state index < -0.39 is 0 Å². The molecule has 0 aliphatic rings. The van der Waals surface area contributed by atoms with Crippen LogP contribution in [0.1, 0.15) is 0 Å². The highest BCUT2D eigenvalue weighted by Gasteiger charge is 1.96. The van der Waals surface area contributed by atoms with E-state index in [9.17, 15) is 0 Å². The zero-order valence-corrected chi connectivity index (χ0v) is 6.03. The third-order valence-corrected chi connectivity index (χ3v) is 1.17. The van der Waals surface area contributed by atoms with Crippen molar-refractivity contribution >= 4 is 5.69 Å². The van der Waals surface area contributed by atoms with Gasteiger partial charge in [0.2, 0.25) is 0 Å². The van der Waals surface area contributed by atoms with E-state index in [1.807, 2.05) is 0 Å². The van der Waals surface area contributed by atoms with Gasteiger partial charge in [-0.05, 0) is 6.07 Å². The van der Waals surface area contributed by atoms with Gasteiger partial charge in [-0.2, -0.15) is 0 Å². The average Bonchev–Trinajstić information content (AvgIpc) is 2.03. The van der Waals surface area contributed by atoms with Gasteiger partial charge < -0.3 is 15.6 Å². The number of rotatable bonds is 3. The van der Waals surface area contributed by atoms with Gasteiger partial charge in [0.05, 0.1) is 18.5 Å². The number of nitrogen functional groups attached to an aromatic ring is 1. The lowest BCUT2D eigenvalue weighted by Gasteiger charge is -2.04. The van der Waals surface area contributed by atoms with Gasteiger partial charge >= 0.3 is 0 Å². The summed E-state index contributed by atoms with van der Waals surface area (Å²) in [6.45, 7) is 0.226. The highest BCUT2D eigenvalue weighted by molar-refractivity contribution is 5.49. The minimum Gasteiger partial charge on any atom is -0.487 e. The molecule has 11 heavy (non-hydrogen) atoms. The molecule has 1 aromatic heterocycles. The maximum absolute atomic E-state index is 8.43. The number of aliphatic hydroxyl groups excluding tert-OH is 1. The topological polar surface area (TPSA) is 68.4 Å². The van der Waals surface area contributed by atoms with E-state index >= 15 is 0 Å². The van der Waals surface area contributed by atoms with Crippen molar-refractivity contribution in [3.8, 4) is 5.75 Å². The number of hydrogen-bond donors (Lipinski definition) is 2. The lowest BCUT2D eigenvalue weighted by molar-refractivity contribution is 0.201. The molecule has 0 fully saturated rings. The smallest absolute Gasteiger partial charge is 0.160 e. The van der Waals surface area contributed by atoms with Crippen LogP contribution in [0.4, 0.5) is 5.69 Å². The molecule has 4 heteroatoms. The molecule has 0 atom stereocenters. The Morgan fingerprint density at radius 3 is 3.09 bits per heavy atom. The van der Waals surface area contributed by atoms with Gasteiger partial charge in [-0.3, -0.25) is 4.98 Å². The maximum Gasteiger partial charge on any atom is 0.160 e. The summed E-state index contributed by atoms with van der Waals surface area (Å²) in [4.78, 5) is 3.81. The molecule has 3 N–H and O–H groups in total. The van der Waals surface area contributed by atoms with Crippen LogP contribution in [-0.4, -0.2) is 23.3 Å². The van der Waals surface area contributed by atoms with Crippen molar-refractivity contribution in [3.63, 3.8) is 0 Å². The van der Waals surface area contributed by atoms with E-state index in [4.69, 9.17) is 15.6 Å². The Labute approximate surface area is 64.6 Å². The Balaban J connectivity index is 2.62. The number of pyridine rings is 1. The van der Waals surface area contributed by atoms with Crippen LogP contribution in [0.15, 0.2) is 18.5 Å². The minimum absolute atomic E-state index is 0.0195. The molecular weight excluding hydrogens is 144 g/mol. The summed E-state index contributed by atoms with van der Waals surface area (Å²) in [6.07, 6.45) is 3.10. The monoisotopic (exact) mass is 154 g/mol. The van der Waals surface area contributed by atoms with Crippen molar-refractivity contribution in [1.29, 1.82) is 0 Å². The lowest BCUT2D eigenvalue weighted by Crippen LogP contribution is -2.03. The fourth-order valence-corrected chi connectivity index (χ4v) is 0.667. The summed E-state index contributed by atoms with van der Waals surface area (Å²) < 4.78 is 5.05. The van der Waals surface area contributed by atoms with Gasteiger partial charge in [0.25, 0.3) is 0 Å². The number of anilines is 1. The standard InChI is InChI=1S/C7H10N2O2/c8-6-1-2-9-5-7(6)11-4-3-10/h1-2,5,10H,3-4H2,(H2,8,9). The molecule has 0 saturated carbocycles. The van der Waals surface area contributed by atoms with Crippen LogP contribution in [0.25, 0.3) is 0 Å². The first kappa shape index (κ1) is 7.81. The summed E-state index contributed by atoms with van der Waals surface area (Å²) in [5.41, 5.74) is 6.05. The molecule has 4 nitrogen and oxygen atoms in total. The maximum atomic E-state index is 8.43. The second-order valence-corrected chi connectivity index (χ2v) is 1.99. The van der Waals surface area contributed by atoms with Crippen LogP contribution in [0.3, 0.4) is 0 Å². The molecular formula is C7H10N2O2. The molecule has 0 amide bonds. The molecule has 1 heterocycles. The first-order valence-corrected chi connectivity index (χ1v) is 3.27. The zero-order chi connectivity index (χ0) is 8.10. The molecule has 0 saturated heterocycles. The summed E-state index contributed by atoms with van der Waals surface area (Å²) in [7, 11) is 0. The number of aliphatic hydroxyl groups is 1. The zero-order valence-electron chi connectivity index (χ0n) is 6.03. The number of aromatic nitrogens is 1. The van der Waals surface area contributed by atoms with E-state index in [0.717, 1.165) is 0 Å². The van der Waals surface area contributed by atoms with E-state index in [-0.39, 0.29) is 13.2 Å². The van der Waals surface area contributed by atoms with Gasteiger partial charge in [0, 0.05) is 6.20 Å². The number of nitrogens with zero attached hydrogens (tertiary/aromatic N) is 1. The fraction of sp³-hybridized carbons (Fsp3) is 0.286. The Kier molecular flexibility index (Phi) is 2.68. The summed E-state index contributed by atoms with van der Waals surface area (Å²) in [5.74, 6) is 0.515. The molecule has 60 valence electrons. The average molecular weight is 154 g/mol. The highest BCUT2D eigenvalue weighted by atomic mass is 16.5. The predicted octanol–water partition coefficient (Wildman–Crippen LogP) is 0.0349. The molecule has 0 spiro atoms. The van der Waals surface area contributed by atoms with Crippen molar-refractivity contribution in [1.82, 2.24) is 4.98 Å². The first-order chi connectivity index (χ1) is 5.34. The Hall–Kier alpha value is -1.29. The largest absolute Gasteiger partial charge is 0.487 e. The van der Waals surface area contributed by atoms with Crippen LogP contribution in [0.5, 0.6) is 5.75 Å². The van der Waals surface area contributed by atoms with Crippen LogP contribution in [0, 0.1) is 0 Å². The van der Waals surface area contributed by atoms with Crippen molar-refractivity contribution in [2.45, 2.75) is 0 Å². The Morgan fingerprint density at radius 1 is 1.64 bits per heavy atom. The van der Waals surface area contributed by atoms with Gasteiger partial charge in [-0.1, -0.05) is 0 Å². The Morgan fingerprint density at radius 2 is 2.45 bits per heavy atom. The van der Waals surface area contributed by atoms with E-state index in [0.29, 0.717) is 11.4 Å². The third-order valence-electron chi connectivity index (χ3n) is 1.17. The highest BCUT2D eigenvalue weighted by Crippen LogP contribution is 2.17. The Bertz CT molecular complexity index is 227. The number of ether oxygens (including phenoxy) is 1. The van der Waals surface area contributed by atoms with Crippen molar-refractivity contribution in [2.24, 2.45) is 0 Å². The van der Waals surface area contributed by atoms with Crippen molar-refractivity contribution < 1.29 is 9.84 Å². The van der Waals surface area contributed by atoms with E-state index in [1.54, 1.807) is 12.3 Å². The summed E-state index contributed by atoms with van der Waals surface area (Å²) >= 11 is 0. The second kappa shape index (κ2) is 3.78. The van der Waals surface area contributed by atoms with E-state index in [2.05, 4.69) is 4.98 Å². The van der Waals surface area contributed by atoms with Crippen molar-refractivity contribution in [2.75, 3.05) is 18.9 Å². The van der Waals surface area contributed by atoms with Gasteiger partial charge in [0.15, 0.2) is 5.75 Å². The second-order valence-electron chi connectivity index (χ2n) is 1.99. The molecule has 0 radical (unpaired) electrons. The predicted molar refractivity (Wildman–Crippen MR) is 41.2 cm³/mol. The quantitative estimate of drug-likeness (QED) is 0.644. The number of hydrogen-bond acceptors (Lipinski definition) is 4. The van der Waals surface area contributed by atoms with Gasteiger partial charge in [-0.15, -0.1) is 0 Å². The van der Waals surface area contributed by atoms with Gasteiger partial charge in [-0.25, -0.2) is 0 Å². The van der Waals surface area contributed by atoms with Crippen LogP contribution >= 0.6 is 0 Å². The van der Waals surface area contributed by atoms with Crippen molar-refractivity contribution in [3.05, 3.63) is 18.5 Å². The molecule has 0 aliphatic carbocycles. The molecule has 1 aromatic rings.